The van der Waals surface area contributed by atoms with Crippen molar-refractivity contribution in [2.75, 3.05) is 0 Å². The number of benzene rings is 1. The van der Waals surface area contributed by atoms with Crippen molar-refractivity contribution in [1.29, 1.82) is 0 Å². The van der Waals surface area contributed by atoms with Gasteiger partial charge in [-0.15, -0.1) is 0 Å². The van der Waals surface area contributed by atoms with Gasteiger partial charge in [0, 0.05) is 17.6 Å². The maximum absolute atomic E-state index is 11.9. The van der Waals surface area contributed by atoms with Gasteiger partial charge >= 0.3 is 0 Å². The minimum atomic E-state index is 0.175. The van der Waals surface area contributed by atoms with E-state index in [0.717, 1.165) is 23.1 Å². The molecule has 72 valence electrons. The van der Waals surface area contributed by atoms with Gasteiger partial charge in [-0.3, -0.25) is 4.79 Å². The van der Waals surface area contributed by atoms with Crippen molar-refractivity contribution in [2.24, 2.45) is 0 Å². The summed E-state index contributed by atoms with van der Waals surface area (Å²) in [4.78, 5) is 11.9. The number of allylic oxidation sites excluding steroid dienone is 5. The highest BCUT2D eigenvalue weighted by atomic mass is 16.1. The van der Waals surface area contributed by atoms with Gasteiger partial charge in [-0.2, -0.15) is 0 Å². The Morgan fingerprint density at radius 3 is 2.93 bits per heavy atom. The Labute approximate surface area is 88.4 Å². The molecule has 1 heteroatoms. The van der Waals surface area contributed by atoms with Gasteiger partial charge in [-0.05, 0) is 17.2 Å². The molecule has 0 N–H and O–H groups in total. The molecule has 15 heavy (non-hydrogen) atoms. The Hall–Kier alpha value is -1.89. The van der Waals surface area contributed by atoms with E-state index in [9.17, 15) is 4.79 Å². The zero-order chi connectivity index (χ0) is 10.3. The Balaban J connectivity index is 2.26. The van der Waals surface area contributed by atoms with E-state index in [4.69, 9.17) is 0 Å². The number of hydrogen-bond donors (Lipinski definition) is 0. The van der Waals surface area contributed by atoms with Crippen molar-refractivity contribution in [3.8, 4) is 0 Å². The lowest BCUT2D eigenvalue weighted by atomic mass is 9.96. The van der Waals surface area contributed by atoms with Gasteiger partial charge in [0.25, 0.3) is 0 Å². The van der Waals surface area contributed by atoms with E-state index in [2.05, 4.69) is 12.1 Å². The molecule has 3 rings (SSSR count). The second-order valence-corrected chi connectivity index (χ2v) is 3.86. The second-order valence-electron chi connectivity index (χ2n) is 3.86. The van der Waals surface area contributed by atoms with Crippen LogP contribution in [0, 0.1) is 0 Å². The first-order valence-electron chi connectivity index (χ1n) is 5.06. The van der Waals surface area contributed by atoms with Gasteiger partial charge in [0.1, 0.15) is 0 Å². The molecule has 1 nitrogen and oxygen atoms in total. The molecule has 0 atom stereocenters. The summed E-state index contributed by atoms with van der Waals surface area (Å²) in [6.07, 6.45) is 8.48. The highest BCUT2D eigenvalue weighted by Crippen LogP contribution is 2.26. The van der Waals surface area contributed by atoms with Crippen molar-refractivity contribution < 1.29 is 4.79 Å². The lowest BCUT2D eigenvalue weighted by molar-refractivity contribution is -0.112. The highest BCUT2D eigenvalue weighted by molar-refractivity contribution is 6.15. The van der Waals surface area contributed by atoms with Gasteiger partial charge in [0.2, 0.25) is 0 Å². The monoisotopic (exact) mass is 194 g/mol. The molecule has 2 aliphatic rings. The van der Waals surface area contributed by atoms with Crippen molar-refractivity contribution in [3.63, 3.8) is 0 Å². The number of rotatable bonds is 0. The van der Waals surface area contributed by atoms with E-state index in [-0.39, 0.29) is 5.78 Å². The molecule has 0 heterocycles. The Bertz CT molecular complexity index is 530. The van der Waals surface area contributed by atoms with E-state index in [0.29, 0.717) is 0 Å². The fraction of sp³-hybridized carbons (Fsp3) is 0.0714. The summed E-state index contributed by atoms with van der Waals surface area (Å²) in [5.41, 5.74) is 4.10. The van der Waals surface area contributed by atoms with Crippen LogP contribution in [0.2, 0.25) is 0 Å². The molecule has 0 aromatic heterocycles. The zero-order valence-corrected chi connectivity index (χ0v) is 8.23. The molecular formula is C14H10O. The Morgan fingerprint density at radius 1 is 1.13 bits per heavy atom. The van der Waals surface area contributed by atoms with E-state index in [1.807, 2.05) is 36.4 Å². The second kappa shape index (κ2) is 3.06. The van der Waals surface area contributed by atoms with Crippen LogP contribution in [0.3, 0.4) is 0 Å². The predicted octanol–water partition coefficient (Wildman–Crippen LogP) is 2.69. The number of fused-ring (bicyclic) bond motifs is 3. The molecule has 0 fully saturated rings. The number of carbonyl (C=O) groups is 1. The van der Waals surface area contributed by atoms with Gasteiger partial charge in [0.05, 0.1) is 0 Å². The molecular weight excluding hydrogens is 184 g/mol. The van der Waals surface area contributed by atoms with E-state index in [1.54, 1.807) is 0 Å². The molecule has 2 aliphatic carbocycles. The Kier molecular flexibility index (Phi) is 1.72. The van der Waals surface area contributed by atoms with E-state index < -0.39 is 0 Å². The molecule has 1 aromatic carbocycles. The topological polar surface area (TPSA) is 17.1 Å². The number of carbonyl (C=O) groups excluding carboxylic acids is 1. The van der Waals surface area contributed by atoms with Crippen LogP contribution in [0.15, 0.2) is 53.6 Å². The summed E-state index contributed by atoms with van der Waals surface area (Å²) in [7, 11) is 0. The molecule has 0 unspecified atom stereocenters. The summed E-state index contributed by atoms with van der Waals surface area (Å²) in [6, 6.07) is 8.17. The van der Waals surface area contributed by atoms with E-state index in [1.165, 1.54) is 5.56 Å². The molecule has 0 radical (unpaired) electrons. The summed E-state index contributed by atoms with van der Waals surface area (Å²) in [6.45, 7) is 0. The van der Waals surface area contributed by atoms with Crippen LogP contribution < -0.4 is 0 Å². The highest BCUT2D eigenvalue weighted by Gasteiger charge is 2.20. The van der Waals surface area contributed by atoms with Gasteiger partial charge in [-0.1, -0.05) is 42.5 Å². The van der Waals surface area contributed by atoms with Gasteiger partial charge in [0.15, 0.2) is 5.78 Å². The Morgan fingerprint density at radius 2 is 2.00 bits per heavy atom. The fourth-order valence-electron chi connectivity index (χ4n) is 2.07. The average molecular weight is 194 g/mol. The van der Waals surface area contributed by atoms with Crippen LogP contribution in [-0.2, 0) is 11.2 Å². The van der Waals surface area contributed by atoms with E-state index >= 15 is 0 Å². The van der Waals surface area contributed by atoms with Crippen LogP contribution in [0.25, 0.3) is 6.08 Å². The fourth-order valence-corrected chi connectivity index (χ4v) is 2.07. The SMILES string of the molecule is O=C1C2=Cc3ccccc3CC1=CC=C2. The first kappa shape index (κ1) is 8.42. The van der Waals surface area contributed by atoms with Crippen LogP contribution in [0.5, 0.6) is 0 Å². The minimum absolute atomic E-state index is 0.175. The molecule has 0 amide bonds. The smallest absolute Gasteiger partial charge is 0.189 e. The van der Waals surface area contributed by atoms with Gasteiger partial charge < -0.3 is 0 Å². The standard InChI is InChI=1S/C14H10O/c15-14-12-6-3-7-13(14)9-11-5-2-1-4-10(11)8-12/h1-8H,9H2. The van der Waals surface area contributed by atoms with Crippen LogP contribution in [0.4, 0.5) is 0 Å². The lowest BCUT2D eigenvalue weighted by Crippen LogP contribution is -2.07. The third kappa shape index (κ3) is 1.28. The van der Waals surface area contributed by atoms with Gasteiger partial charge in [-0.25, -0.2) is 0 Å². The number of hydrogen-bond acceptors (Lipinski definition) is 1. The van der Waals surface area contributed by atoms with Crippen molar-refractivity contribution in [2.45, 2.75) is 6.42 Å². The van der Waals surface area contributed by atoms with Crippen molar-refractivity contribution >= 4 is 11.9 Å². The molecule has 0 saturated heterocycles. The predicted molar refractivity (Wildman–Crippen MR) is 60.4 cm³/mol. The van der Waals surface area contributed by atoms with Crippen LogP contribution >= 0.6 is 0 Å². The lowest BCUT2D eigenvalue weighted by Gasteiger charge is -2.06. The summed E-state index contributed by atoms with van der Waals surface area (Å²) in [5, 5.41) is 0. The molecule has 1 aromatic rings. The third-order valence-electron chi connectivity index (χ3n) is 2.87. The normalized spacial score (nSPS) is 17.7. The van der Waals surface area contributed by atoms with Crippen molar-refractivity contribution in [1.82, 2.24) is 0 Å². The quantitative estimate of drug-likeness (QED) is 0.620. The first-order valence-corrected chi connectivity index (χ1v) is 5.06. The minimum Gasteiger partial charge on any atom is -0.289 e. The summed E-state index contributed by atoms with van der Waals surface area (Å²) in [5.74, 6) is 0.175. The maximum Gasteiger partial charge on any atom is 0.189 e. The maximum atomic E-state index is 11.9. The number of ketones is 1. The van der Waals surface area contributed by atoms with Crippen molar-refractivity contribution in [3.05, 3.63) is 64.8 Å². The summed E-state index contributed by atoms with van der Waals surface area (Å²) < 4.78 is 0. The first-order chi connectivity index (χ1) is 7.34. The molecule has 0 aliphatic heterocycles. The molecule has 2 bridgehead atoms. The average Bonchev–Trinajstić information content (AvgIpc) is 2.34. The molecule has 0 spiro atoms. The third-order valence-corrected chi connectivity index (χ3v) is 2.87. The molecule has 0 saturated carbocycles. The largest absolute Gasteiger partial charge is 0.289 e. The summed E-state index contributed by atoms with van der Waals surface area (Å²) >= 11 is 0. The number of Topliss-reactive ketones (excluding diaryl/α,β-unsaturated/α-hetero) is 1. The zero-order valence-electron chi connectivity index (χ0n) is 8.23. The van der Waals surface area contributed by atoms with Crippen LogP contribution in [-0.4, -0.2) is 5.78 Å². The van der Waals surface area contributed by atoms with Crippen LogP contribution in [0.1, 0.15) is 11.1 Å².